The van der Waals surface area contributed by atoms with Crippen molar-refractivity contribution in [3.8, 4) is 22.5 Å². The number of hydrogen-bond donors (Lipinski definition) is 2. The Morgan fingerprint density at radius 2 is 1.45 bits per heavy atom. The van der Waals surface area contributed by atoms with E-state index in [0.29, 0.717) is 72.2 Å². The van der Waals surface area contributed by atoms with Gasteiger partial charge in [-0.15, -0.1) is 0 Å². The fraction of sp³-hybridized carbons (Fsp3) is 0.273. The number of anilines is 2. The Bertz CT molecular complexity index is 3150. The molecule has 0 bridgehead atoms. The molecule has 13 nitrogen and oxygen atoms in total. The van der Waals surface area contributed by atoms with Crippen molar-refractivity contribution in [1.82, 2.24) is 8.88 Å². The van der Waals surface area contributed by atoms with E-state index in [1.807, 2.05) is 59.7 Å². The third-order valence-corrected chi connectivity index (χ3v) is 15.7. The molecule has 4 heterocycles. The number of benzene rings is 5. The van der Waals surface area contributed by atoms with Crippen molar-refractivity contribution >= 4 is 64.1 Å². The van der Waals surface area contributed by atoms with Gasteiger partial charge in [0.2, 0.25) is 21.1 Å². The van der Waals surface area contributed by atoms with E-state index in [4.69, 9.17) is 4.42 Å². The summed E-state index contributed by atoms with van der Waals surface area (Å²) in [6, 6.07) is 27.3. The summed E-state index contributed by atoms with van der Waals surface area (Å²) in [6.45, 7) is 5.26. The third-order valence-electron chi connectivity index (χ3n) is 12.0. The summed E-state index contributed by atoms with van der Waals surface area (Å²) in [5, 5.41) is 1.42. The van der Waals surface area contributed by atoms with Crippen molar-refractivity contribution in [1.29, 1.82) is 0 Å². The monoisotopic (exact) mass is 868 g/mol. The normalized spacial score (nSPS) is 17.4. The van der Waals surface area contributed by atoms with E-state index >= 15 is 0 Å². The van der Waals surface area contributed by atoms with Crippen molar-refractivity contribution in [3.05, 3.63) is 114 Å². The first-order valence-corrected chi connectivity index (χ1v) is 24.0. The maximum atomic E-state index is 14.6. The van der Waals surface area contributed by atoms with Gasteiger partial charge in [0.1, 0.15) is 17.1 Å². The lowest BCUT2D eigenvalue weighted by Gasteiger charge is -2.32. The first-order valence-electron chi connectivity index (χ1n) is 19.7. The largest absolute Gasteiger partial charge is 0.456 e. The molecular formula is C44H42N3O10S3+. The Labute approximate surface area is 348 Å². The molecule has 16 heteroatoms. The van der Waals surface area contributed by atoms with Crippen molar-refractivity contribution < 1.29 is 43.6 Å². The van der Waals surface area contributed by atoms with Crippen LogP contribution in [0.3, 0.4) is 0 Å². The molecule has 0 atom stereocenters. The van der Waals surface area contributed by atoms with E-state index in [1.165, 1.54) is 28.6 Å². The van der Waals surface area contributed by atoms with Crippen LogP contribution < -0.4 is 14.8 Å². The van der Waals surface area contributed by atoms with Crippen LogP contribution in [0.1, 0.15) is 37.8 Å². The lowest BCUT2D eigenvalue weighted by Crippen LogP contribution is -2.41. The zero-order valence-electron chi connectivity index (χ0n) is 32.8. The third kappa shape index (κ3) is 7.04. The molecule has 9 rings (SSSR count). The average Bonchev–Trinajstić information content (AvgIpc) is 3.86. The van der Waals surface area contributed by atoms with Gasteiger partial charge in [0, 0.05) is 95.1 Å². The SMILES string of the molecule is CC(C)C(=O)C1CCN(S(=O)(=O)c2ccccc2-c2c3ccc(=[N+]4CCc5cc(S(=O)(=O)O)ccc54)cc-3oc3cc(N4CCc5cc(S(=O)(=O)O)ccc54)ccc23)CC1. The van der Waals surface area contributed by atoms with Gasteiger partial charge in [0.25, 0.3) is 20.2 Å². The quantitative estimate of drug-likeness (QED) is 0.0946. The van der Waals surface area contributed by atoms with Crippen molar-refractivity contribution in [2.24, 2.45) is 11.8 Å². The molecule has 1 saturated heterocycles. The molecule has 0 amide bonds. The van der Waals surface area contributed by atoms with Crippen LogP contribution in [-0.4, -0.2) is 70.6 Å². The number of sulfonamides is 1. The number of rotatable bonds is 8. The van der Waals surface area contributed by atoms with Gasteiger partial charge >= 0.3 is 0 Å². The molecule has 310 valence electrons. The van der Waals surface area contributed by atoms with E-state index in [1.54, 1.807) is 36.4 Å². The highest BCUT2D eigenvalue weighted by Crippen LogP contribution is 2.45. The Hall–Kier alpha value is -5.23. The Morgan fingerprint density at radius 1 is 0.750 bits per heavy atom. The van der Waals surface area contributed by atoms with Gasteiger partial charge in [-0.1, -0.05) is 32.0 Å². The van der Waals surface area contributed by atoms with E-state index in [2.05, 4.69) is 0 Å². The molecular weight excluding hydrogens is 827 g/mol. The minimum atomic E-state index is -4.38. The molecule has 5 aliphatic rings. The maximum Gasteiger partial charge on any atom is 0.294 e. The Balaban J connectivity index is 1.21. The van der Waals surface area contributed by atoms with E-state index < -0.39 is 30.3 Å². The van der Waals surface area contributed by atoms with Crippen LogP contribution in [0.4, 0.5) is 17.1 Å². The molecule has 0 unspecified atom stereocenters. The zero-order valence-corrected chi connectivity index (χ0v) is 35.2. The number of Topliss-reactive ketones (excluding diaryl/α,β-unsaturated/α-hetero) is 1. The molecule has 4 aromatic carbocycles. The van der Waals surface area contributed by atoms with Gasteiger partial charge < -0.3 is 9.32 Å². The highest BCUT2D eigenvalue weighted by atomic mass is 32.2. The number of ketones is 1. The Kier molecular flexibility index (Phi) is 9.88. The maximum absolute atomic E-state index is 14.6. The lowest BCUT2D eigenvalue weighted by atomic mass is 9.88. The van der Waals surface area contributed by atoms with Crippen LogP contribution in [-0.2, 0) is 47.9 Å². The zero-order chi connectivity index (χ0) is 42.3. The minimum absolute atomic E-state index is 0.124. The fourth-order valence-electron chi connectivity index (χ4n) is 9.00. The van der Waals surface area contributed by atoms with Crippen molar-refractivity contribution in [3.63, 3.8) is 0 Å². The number of fused-ring (bicyclic) bond motifs is 4. The molecule has 1 fully saturated rings. The second kappa shape index (κ2) is 14.7. The first kappa shape index (κ1) is 40.2. The predicted octanol–water partition coefficient (Wildman–Crippen LogP) is 6.68. The van der Waals surface area contributed by atoms with Crippen LogP contribution in [0.2, 0.25) is 0 Å². The van der Waals surface area contributed by atoms with Gasteiger partial charge in [-0.05, 0) is 79.4 Å². The lowest BCUT2D eigenvalue weighted by molar-refractivity contribution is -0.126. The molecule has 60 heavy (non-hydrogen) atoms. The van der Waals surface area contributed by atoms with E-state index in [-0.39, 0.29) is 45.4 Å². The molecule has 1 aliphatic carbocycles. The van der Waals surface area contributed by atoms with Gasteiger partial charge in [0.15, 0.2) is 6.54 Å². The van der Waals surface area contributed by atoms with Crippen molar-refractivity contribution in [2.45, 2.75) is 54.2 Å². The number of carbonyl (C=O) groups is 1. The summed E-state index contributed by atoms with van der Waals surface area (Å²) in [7, 11) is -12.8. The summed E-state index contributed by atoms with van der Waals surface area (Å²) in [5.74, 6) is 0.312. The predicted molar refractivity (Wildman–Crippen MR) is 226 cm³/mol. The summed E-state index contributed by atoms with van der Waals surface area (Å²) < 4.78 is 106. The number of piperidine rings is 1. The summed E-state index contributed by atoms with van der Waals surface area (Å²) >= 11 is 0. The van der Waals surface area contributed by atoms with Gasteiger partial charge in [-0.3, -0.25) is 13.9 Å². The van der Waals surface area contributed by atoms with E-state index in [0.717, 1.165) is 33.5 Å². The van der Waals surface area contributed by atoms with Crippen LogP contribution in [0.25, 0.3) is 33.4 Å². The van der Waals surface area contributed by atoms with Crippen LogP contribution in [0, 0.1) is 11.8 Å². The van der Waals surface area contributed by atoms with Gasteiger partial charge in [-0.2, -0.15) is 25.7 Å². The fourth-order valence-corrected chi connectivity index (χ4v) is 11.7. The van der Waals surface area contributed by atoms with Crippen LogP contribution in [0.15, 0.2) is 116 Å². The second-order valence-corrected chi connectivity index (χ2v) is 20.7. The highest BCUT2D eigenvalue weighted by molar-refractivity contribution is 7.89. The summed E-state index contributed by atoms with van der Waals surface area (Å²) in [5.41, 5.74) is 6.10. The molecule has 0 saturated carbocycles. The molecule has 0 spiro atoms. The molecule has 0 radical (unpaired) electrons. The van der Waals surface area contributed by atoms with Gasteiger partial charge in [-0.25, -0.2) is 8.42 Å². The summed E-state index contributed by atoms with van der Waals surface area (Å²) in [4.78, 5) is 14.6. The Morgan fingerprint density at radius 3 is 2.17 bits per heavy atom. The summed E-state index contributed by atoms with van der Waals surface area (Å²) in [6.07, 6.45) is 1.98. The minimum Gasteiger partial charge on any atom is -0.456 e. The molecule has 4 aliphatic heterocycles. The smallest absolute Gasteiger partial charge is 0.294 e. The van der Waals surface area contributed by atoms with Crippen molar-refractivity contribution in [2.75, 3.05) is 31.1 Å². The average molecular weight is 869 g/mol. The highest BCUT2D eigenvalue weighted by Gasteiger charge is 2.35. The standard InChI is InChI=1S/C44H41N3O10S3/c1-27(2)44(48)28-15-19-45(20-16-28)58(49,50)42-6-4-3-5-37(42)43-35-11-7-31(46-21-17-29-23-33(59(51,52)53)9-13-38(29)46)25-40(35)57-41-26-32(8-12-36(41)43)47-22-18-30-24-34(60(54,55)56)10-14-39(30)47/h3-14,23-28H,15-22H2,1-2H3,(H-,51,52,53,54,55,56)/p+1. The molecule has 4 aromatic rings. The number of carbonyl (C=O) groups excluding carboxylic acids is 1. The van der Waals surface area contributed by atoms with Crippen LogP contribution in [0.5, 0.6) is 0 Å². The first-order chi connectivity index (χ1) is 28.5. The molecule has 0 aromatic heterocycles. The second-order valence-electron chi connectivity index (χ2n) is 15.9. The number of nitrogens with zero attached hydrogens (tertiary/aromatic N) is 3. The molecule has 2 N–H and O–H groups in total. The number of hydrogen-bond acceptors (Lipinski definition) is 9. The van der Waals surface area contributed by atoms with Crippen LogP contribution >= 0.6 is 0 Å². The topological polar surface area (TPSA) is 183 Å². The van der Waals surface area contributed by atoms with E-state index in [9.17, 15) is 39.2 Å². The van der Waals surface area contributed by atoms with Gasteiger partial charge in [0.05, 0.1) is 20.8 Å².